The number of aliphatic hydroxyl groups is 1. The van der Waals surface area contributed by atoms with Crippen LogP contribution in [0, 0.1) is 0 Å². The number of benzene rings is 1. The Morgan fingerprint density at radius 1 is 1.28 bits per heavy atom. The first-order chi connectivity index (χ1) is 8.72. The van der Waals surface area contributed by atoms with Crippen LogP contribution in [0.25, 0.3) is 0 Å². The lowest BCUT2D eigenvalue weighted by molar-refractivity contribution is 0.0321. The molecule has 1 aliphatic carbocycles. The molecule has 1 saturated carbocycles. The van der Waals surface area contributed by atoms with Gasteiger partial charge in [0, 0.05) is 5.54 Å². The maximum Gasteiger partial charge on any atom is 0.119 e. The summed E-state index contributed by atoms with van der Waals surface area (Å²) < 4.78 is 11.2. The smallest absolute Gasteiger partial charge is 0.119 e. The van der Waals surface area contributed by atoms with Gasteiger partial charge in [0.15, 0.2) is 0 Å². The summed E-state index contributed by atoms with van der Waals surface area (Å²) in [6.07, 6.45) is 2.63. The quantitative estimate of drug-likeness (QED) is 0.749. The van der Waals surface area contributed by atoms with Crippen molar-refractivity contribution >= 4 is 0 Å². The molecule has 0 amide bonds. The molecule has 1 aromatic rings. The van der Waals surface area contributed by atoms with Crippen LogP contribution >= 0.6 is 0 Å². The molecule has 2 atom stereocenters. The highest BCUT2D eigenvalue weighted by atomic mass is 16.5. The largest absolute Gasteiger partial charge is 0.491 e. The van der Waals surface area contributed by atoms with Crippen LogP contribution in [-0.4, -0.2) is 36.6 Å². The number of hydrogen-bond donors (Lipinski definition) is 2. The Morgan fingerprint density at radius 2 is 2.06 bits per heavy atom. The molecule has 2 rings (SSSR count). The van der Waals surface area contributed by atoms with Crippen molar-refractivity contribution in [3.05, 3.63) is 30.3 Å². The minimum atomic E-state index is -0.440. The molecule has 0 aliphatic heterocycles. The molecule has 3 N–H and O–H groups in total. The van der Waals surface area contributed by atoms with E-state index in [1.54, 1.807) is 0 Å². The predicted molar refractivity (Wildman–Crippen MR) is 69.5 cm³/mol. The maximum atomic E-state index is 9.16. The molecule has 0 saturated heterocycles. The Labute approximate surface area is 108 Å². The summed E-state index contributed by atoms with van der Waals surface area (Å²) in [5, 5.41) is 9.16. The zero-order valence-corrected chi connectivity index (χ0v) is 10.5. The molecule has 1 aliphatic rings. The average Bonchev–Trinajstić information content (AvgIpc) is 2.79. The van der Waals surface area contributed by atoms with Crippen LogP contribution in [0.1, 0.15) is 19.3 Å². The van der Waals surface area contributed by atoms with Crippen LogP contribution in [0.3, 0.4) is 0 Å². The van der Waals surface area contributed by atoms with Crippen molar-refractivity contribution < 1.29 is 14.6 Å². The van der Waals surface area contributed by atoms with E-state index in [1.807, 2.05) is 30.3 Å². The van der Waals surface area contributed by atoms with Crippen LogP contribution in [0.2, 0.25) is 0 Å². The zero-order valence-electron chi connectivity index (χ0n) is 10.5. The summed E-state index contributed by atoms with van der Waals surface area (Å²) >= 11 is 0. The number of nitrogens with two attached hydrogens (primary N) is 1. The summed E-state index contributed by atoms with van der Waals surface area (Å²) in [5.74, 6) is 0.857. The molecule has 2 unspecified atom stereocenters. The second kappa shape index (κ2) is 6.18. The van der Waals surface area contributed by atoms with E-state index in [0.29, 0.717) is 13.2 Å². The normalized spacial score (nSPS) is 27.3. The third-order valence-electron chi connectivity index (χ3n) is 3.36. The highest BCUT2D eigenvalue weighted by molar-refractivity contribution is 5.20. The molecular formula is C14H21NO3. The summed E-state index contributed by atoms with van der Waals surface area (Å²) in [4.78, 5) is 0. The van der Waals surface area contributed by atoms with Gasteiger partial charge in [0.2, 0.25) is 0 Å². The van der Waals surface area contributed by atoms with Gasteiger partial charge in [0.05, 0.1) is 19.3 Å². The summed E-state index contributed by atoms with van der Waals surface area (Å²) in [6, 6.07) is 9.68. The molecule has 0 aromatic heterocycles. The van der Waals surface area contributed by atoms with Crippen molar-refractivity contribution in [3.63, 3.8) is 0 Å². The molecule has 1 fully saturated rings. The topological polar surface area (TPSA) is 64.7 Å². The third-order valence-corrected chi connectivity index (χ3v) is 3.36. The Hall–Kier alpha value is -1.10. The van der Waals surface area contributed by atoms with Crippen molar-refractivity contribution in [1.82, 2.24) is 0 Å². The Kier molecular flexibility index (Phi) is 4.58. The van der Waals surface area contributed by atoms with Crippen LogP contribution in [0.15, 0.2) is 30.3 Å². The fourth-order valence-corrected chi connectivity index (χ4v) is 2.28. The summed E-state index contributed by atoms with van der Waals surface area (Å²) in [5.41, 5.74) is 5.54. The number of hydrogen-bond acceptors (Lipinski definition) is 4. The van der Waals surface area contributed by atoms with Gasteiger partial charge >= 0.3 is 0 Å². The first-order valence-electron chi connectivity index (χ1n) is 6.41. The van der Waals surface area contributed by atoms with Gasteiger partial charge in [-0.05, 0) is 31.4 Å². The van der Waals surface area contributed by atoms with E-state index in [9.17, 15) is 0 Å². The van der Waals surface area contributed by atoms with Gasteiger partial charge in [-0.25, -0.2) is 0 Å². The van der Waals surface area contributed by atoms with Gasteiger partial charge in [-0.2, -0.15) is 0 Å². The van der Waals surface area contributed by atoms with Gasteiger partial charge in [-0.1, -0.05) is 18.2 Å². The van der Waals surface area contributed by atoms with Crippen molar-refractivity contribution in [2.24, 2.45) is 5.73 Å². The molecule has 0 spiro atoms. The second-order valence-electron chi connectivity index (χ2n) is 4.92. The first kappa shape index (κ1) is 13.3. The Morgan fingerprint density at radius 3 is 2.72 bits per heavy atom. The highest BCUT2D eigenvalue weighted by Crippen LogP contribution is 2.29. The Balaban J connectivity index is 1.62. The lowest BCUT2D eigenvalue weighted by atomic mass is 10.0. The van der Waals surface area contributed by atoms with E-state index < -0.39 is 5.54 Å². The molecule has 18 heavy (non-hydrogen) atoms. The van der Waals surface area contributed by atoms with Crippen molar-refractivity contribution in [1.29, 1.82) is 0 Å². The standard InChI is InChI=1S/C14H21NO3/c15-14(11-16)7-6-13(10-14)18-9-8-17-12-4-2-1-3-5-12/h1-5,13,16H,6-11,15H2. The van der Waals surface area contributed by atoms with Crippen LogP contribution < -0.4 is 10.5 Å². The highest BCUT2D eigenvalue weighted by Gasteiger charge is 2.35. The van der Waals surface area contributed by atoms with E-state index in [-0.39, 0.29) is 12.7 Å². The lowest BCUT2D eigenvalue weighted by Gasteiger charge is -2.20. The van der Waals surface area contributed by atoms with Crippen LogP contribution in [0.5, 0.6) is 5.75 Å². The minimum Gasteiger partial charge on any atom is -0.491 e. The molecule has 0 bridgehead atoms. The number of rotatable bonds is 6. The molecule has 0 heterocycles. The van der Waals surface area contributed by atoms with Crippen molar-refractivity contribution in [3.8, 4) is 5.75 Å². The van der Waals surface area contributed by atoms with Gasteiger partial charge < -0.3 is 20.3 Å². The molecule has 100 valence electrons. The van der Waals surface area contributed by atoms with Gasteiger partial charge in [0.1, 0.15) is 12.4 Å². The van der Waals surface area contributed by atoms with Crippen molar-refractivity contribution in [2.45, 2.75) is 30.9 Å². The van der Waals surface area contributed by atoms with Crippen LogP contribution in [0.4, 0.5) is 0 Å². The Bertz CT molecular complexity index is 357. The summed E-state index contributed by atoms with van der Waals surface area (Å²) in [7, 11) is 0. The van der Waals surface area contributed by atoms with Crippen molar-refractivity contribution in [2.75, 3.05) is 19.8 Å². The molecule has 0 radical (unpaired) electrons. The van der Waals surface area contributed by atoms with E-state index >= 15 is 0 Å². The SMILES string of the molecule is NC1(CO)CCC(OCCOc2ccccc2)C1. The number of aliphatic hydroxyl groups excluding tert-OH is 1. The fraction of sp³-hybridized carbons (Fsp3) is 0.571. The first-order valence-corrected chi connectivity index (χ1v) is 6.41. The van der Waals surface area contributed by atoms with E-state index in [2.05, 4.69) is 0 Å². The van der Waals surface area contributed by atoms with Crippen LogP contribution in [-0.2, 0) is 4.74 Å². The lowest BCUT2D eigenvalue weighted by Crippen LogP contribution is -2.41. The molecule has 1 aromatic carbocycles. The fourth-order valence-electron chi connectivity index (χ4n) is 2.28. The average molecular weight is 251 g/mol. The predicted octanol–water partition coefficient (Wildman–Crippen LogP) is 1.32. The van der Waals surface area contributed by atoms with Gasteiger partial charge in [-0.15, -0.1) is 0 Å². The zero-order chi connectivity index (χ0) is 12.8. The van der Waals surface area contributed by atoms with Gasteiger partial charge in [0.25, 0.3) is 0 Å². The monoisotopic (exact) mass is 251 g/mol. The number of ether oxygens (including phenoxy) is 2. The van der Waals surface area contributed by atoms with E-state index in [0.717, 1.165) is 25.0 Å². The molecule has 4 heteroatoms. The van der Waals surface area contributed by atoms with E-state index in [1.165, 1.54) is 0 Å². The molecular weight excluding hydrogens is 230 g/mol. The maximum absolute atomic E-state index is 9.16. The van der Waals surface area contributed by atoms with Gasteiger partial charge in [-0.3, -0.25) is 0 Å². The summed E-state index contributed by atoms with van der Waals surface area (Å²) in [6.45, 7) is 1.13. The third kappa shape index (κ3) is 3.70. The second-order valence-corrected chi connectivity index (χ2v) is 4.92. The minimum absolute atomic E-state index is 0.0351. The van der Waals surface area contributed by atoms with E-state index in [4.69, 9.17) is 20.3 Å². The number of para-hydroxylation sites is 1. The molecule has 4 nitrogen and oxygen atoms in total.